The Labute approximate surface area is 136 Å². The van der Waals surface area contributed by atoms with Gasteiger partial charge in [-0.1, -0.05) is 12.1 Å². The van der Waals surface area contributed by atoms with Crippen LogP contribution < -0.4 is 16.3 Å². The molecule has 3 aromatic rings. The van der Waals surface area contributed by atoms with Crippen LogP contribution in [0.1, 0.15) is 21.6 Å². The molecule has 0 bridgehead atoms. The molecule has 2 N–H and O–H groups in total. The molecule has 3 heterocycles. The Hall–Kier alpha value is -3.22. The zero-order valence-electron chi connectivity index (χ0n) is 12.7. The minimum atomic E-state index is -0.468. The van der Waals surface area contributed by atoms with E-state index < -0.39 is 5.91 Å². The van der Waals surface area contributed by atoms with Gasteiger partial charge >= 0.3 is 0 Å². The van der Waals surface area contributed by atoms with Crippen molar-refractivity contribution in [2.24, 2.45) is 0 Å². The summed E-state index contributed by atoms with van der Waals surface area (Å²) in [5.74, 6) is -0.468. The Bertz CT molecular complexity index is 1080. The van der Waals surface area contributed by atoms with Crippen molar-refractivity contribution < 1.29 is 4.79 Å². The van der Waals surface area contributed by atoms with Crippen LogP contribution in [-0.4, -0.2) is 20.4 Å². The molecule has 0 radical (unpaired) electrons. The standard InChI is InChI=1S/C17H14N4O3/c22-14-6-11(19-9-20-14)7-18-17(24)13-8-21-5-4-10-2-1-3-12(15(10)21)16(13)23/h1-3,6,8-9H,4-5,7H2,(H,18,24)(H,19,20,22). The van der Waals surface area contributed by atoms with Crippen LogP contribution >= 0.6 is 0 Å². The van der Waals surface area contributed by atoms with E-state index >= 15 is 0 Å². The number of carbonyl (C=O) groups is 1. The number of hydrogen-bond donors (Lipinski definition) is 2. The molecule has 4 rings (SSSR count). The molecule has 2 aromatic heterocycles. The van der Waals surface area contributed by atoms with Crippen LogP contribution in [0.2, 0.25) is 0 Å². The molecule has 7 nitrogen and oxygen atoms in total. The lowest BCUT2D eigenvalue weighted by molar-refractivity contribution is 0.0949. The predicted octanol–water partition coefficient (Wildman–Crippen LogP) is 0.571. The summed E-state index contributed by atoms with van der Waals surface area (Å²) in [6.07, 6.45) is 3.75. The smallest absolute Gasteiger partial charge is 0.257 e. The van der Waals surface area contributed by atoms with E-state index in [1.54, 1.807) is 12.3 Å². The first-order chi connectivity index (χ1) is 11.6. The Morgan fingerprint density at radius 3 is 3.04 bits per heavy atom. The van der Waals surface area contributed by atoms with Gasteiger partial charge in [0.15, 0.2) is 0 Å². The SMILES string of the molecule is O=C(NCc1cc(=O)[nH]cn1)c1cn2c3c(cccc3c1=O)CC2. The van der Waals surface area contributed by atoms with Crippen molar-refractivity contribution in [2.75, 3.05) is 0 Å². The van der Waals surface area contributed by atoms with Gasteiger partial charge in [0, 0.05) is 24.2 Å². The van der Waals surface area contributed by atoms with E-state index in [0.717, 1.165) is 24.0 Å². The maximum Gasteiger partial charge on any atom is 0.257 e. The van der Waals surface area contributed by atoms with Crippen LogP contribution in [0.5, 0.6) is 0 Å². The number of aromatic amines is 1. The number of aromatic nitrogens is 3. The summed E-state index contributed by atoms with van der Waals surface area (Å²) in [7, 11) is 0. The molecule has 1 aliphatic heterocycles. The number of rotatable bonds is 3. The van der Waals surface area contributed by atoms with E-state index in [1.165, 1.54) is 12.4 Å². The molecule has 1 aliphatic rings. The summed E-state index contributed by atoms with van der Waals surface area (Å²) in [5.41, 5.74) is 2.01. The molecular formula is C17H14N4O3. The number of nitrogens with one attached hydrogen (secondary N) is 2. The average Bonchev–Trinajstić information content (AvgIpc) is 3.00. The summed E-state index contributed by atoms with van der Waals surface area (Å²) in [5, 5.41) is 3.21. The van der Waals surface area contributed by atoms with Crippen molar-refractivity contribution in [3.63, 3.8) is 0 Å². The number of aryl methyl sites for hydroxylation is 2. The maximum atomic E-state index is 12.6. The lowest BCUT2D eigenvalue weighted by Gasteiger charge is -2.09. The van der Waals surface area contributed by atoms with Crippen LogP contribution in [0.15, 0.2) is 46.4 Å². The third kappa shape index (κ3) is 2.30. The fourth-order valence-electron chi connectivity index (χ4n) is 3.09. The Kier molecular flexibility index (Phi) is 3.26. The van der Waals surface area contributed by atoms with Crippen molar-refractivity contribution in [1.29, 1.82) is 0 Å². The van der Waals surface area contributed by atoms with Crippen LogP contribution in [0.3, 0.4) is 0 Å². The van der Waals surface area contributed by atoms with Crippen molar-refractivity contribution in [3.05, 3.63) is 74.2 Å². The summed E-state index contributed by atoms with van der Waals surface area (Å²) in [4.78, 5) is 42.6. The van der Waals surface area contributed by atoms with Gasteiger partial charge in [-0.25, -0.2) is 4.98 Å². The zero-order valence-corrected chi connectivity index (χ0v) is 12.7. The van der Waals surface area contributed by atoms with Gasteiger partial charge in [-0.15, -0.1) is 0 Å². The van der Waals surface area contributed by atoms with E-state index in [9.17, 15) is 14.4 Å². The number of nitrogens with zero attached hydrogens (tertiary/aromatic N) is 2. The maximum absolute atomic E-state index is 12.6. The second-order valence-corrected chi connectivity index (χ2v) is 5.71. The molecular weight excluding hydrogens is 308 g/mol. The first-order valence-corrected chi connectivity index (χ1v) is 7.60. The van der Waals surface area contributed by atoms with Crippen molar-refractivity contribution in [3.8, 4) is 0 Å². The topological polar surface area (TPSA) is 96.8 Å². The van der Waals surface area contributed by atoms with Crippen LogP contribution in [0.4, 0.5) is 0 Å². The fraction of sp³-hybridized carbons (Fsp3) is 0.176. The van der Waals surface area contributed by atoms with Gasteiger partial charge < -0.3 is 14.9 Å². The molecule has 120 valence electrons. The minimum absolute atomic E-state index is 0.0836. The van der Waals surface area contributed by atoms with E-state index in [-0.39, 0.29) is 23.1 Å². The highest BCUT2D eigenvalue weighted by Crippen LogP contribution is 2.23. The molecule has 0 aliphatic carbocycles. The highest BCUT2D eigenvalue weighted by atomic mass is 16.2. The van der Waals surface area contributed by atoms with Crippen molar-refractivity contribution in [1.82, 2.24) is 19.9 Å². The number of H-pyrrole nitrogens is 1. The van der Waals surface area contributed by atoms with E-state index in [1.807, 2.05) is 16.7 Å². The lowest BCUT2D eigenvalue weighted by atomic mass is 10.1. The molecule has 0 spiro atoms. The Morgan fingerprint density at radius 1 is 1.33 bits per heavy atom. The molecule has 24 heavy (non-hydrogen) atoms. The van der Waals surface area contributed by atoms with Gasteiger partial charge in [-0.05, 0) is 18.1 Å². The molecule has 1 aromatic carbocycles. The number of carbonyl (C=O) groups excluding carboxylic acids is 1. The van der Waals surface area contributed by atoms with Crippen molar-refractivity contribution >= 4 is 16.8 Å². The molecule has 1 amide bonds. The molecule has 0 saturated heterocycles. The molecule has 0 saturated carbocycles. The summed E-state index contributed by atoms with van der Waals surface area (Å²) in [6, 6.07) is 6.90. The third-order valence-corrected chi connectivity index (χ3v) is 4.21. The summed E-state index contributed by atoms with van der Waals surface area (Å²) < 4.78 is 1.95. The highest BCUT2D eigenvalue weighted by Gasteiger charge is 2.20. The quantitative estimate of drug-likeness (QED) is 0.737. The normalized spacial score (nSPS) is 12.5. The van der Waals surface area contributed by atoms with E-state index in [4.69, 9.17) is 0 Å². The third-order valence-electron chi connectivity index (χ3n) is 4.21. The molecule has 0 unspecified atom stereocenters. The molecule has 7 heteroatoms. The second kappa shape index (κ2) is 5.45. The van der Waals surface area contributed by atoms with Crippen LogP contribution in [0, 0.1) is 0 Å². The van der Waals surface area contributed by atoms with Gasteiger partial charge in [0.2, 0.25) is 5.43 Å². The van der Waals surface area contributed by atoms with Gasteiger partial charge in [-0.2, -0.15) is 0 Å². The largest absolute Gasteiger partial charge is 0.346 e. The average molecular weight is 322 g/mol. The first kappa shape index (κ1) is 14.4. The second-order valence-electron chi connectivity index (χ2n) is 5.71. The minimum Gasteiger partial charge on any atom is -0.346 e. The summed E-state index contributed by atoms with van der Waals surface area (Å²) in [6.45, 7) is 0.840. The summed E-state index contributed by atoms with van der Waals surface area (Å²) >= 11 is 0. The van der Waals surface area contributed by atoms with Gasteiger partial charge in [-0.3, -0.25) is 14.4 Å². The molecule has 0 atom stereocenters. The number of amides is 1. The fourth-order valence-corrected chi connectivity index (χ4v) is 3.09. The number of pyridine rings is 1. The van der Waals surface area contributed by atoms with Gasteiger partial charge in [0.05, 0.1) is 24.1 Å². The first-order valence-electron chi connectivity index (χ1n) is 7.60. The lowest BCUT2D eigenvalue weighted by Crippen LogP contribution is -2.30. The van der Waals surface area contributed by atoms with E-state index in [0.29, 0.717) is 11.1 Å². The van der Waals surface area contributed by atoms with Crippen molar-refractivity contribution in [2.45, 2.75) is 19.5 Å². The number of benzene rings is 1. The van der Waals surface area contributed by atoms with Gasteiger partial charge in [0.25, 0.3) is 11.5 Å². The number of hydrogen-bond acceptors (Lipinski definition) is 4. The number of para-hydroxylation sites is 1. The Morgan fingerprint density at radius 2 is 2.21 bits per heavy atom. The highest BCUT2D eigenvalue weighted by molar-refractivity contribution is 5.98. The zero-order chi connectivity index (χ0) is 16.7. The predicted molar refractivity (Wildman–Crippen MR) is 87.9 cm³/mol. The molecule has 0 fully saturated rings. The van der Waals surface area contributed by atoms with Crippen LogP contribution in [-0.2, 0) is 19.5 Å². The van der Waals surface area contributed by atoms with Crippen LogP contribution in [0.25, 0.3) is 10.9 Å². The Balaban J connectivity index is 1.68. The van der Waals surface area contributed by atoms with Gasteiger partial charge in [0.1, 0.15) is 5.56 Å². The monoisotopic (exact) mass is 322 g/mol. The van der Waals surface area contributed by atoms with E-state index in [2.05, 4.69) is 15.3 Å².